The fraction of sp³-hybridized carbons (Fsp3) is 0.391. The Bertz CT molecular complexity index is 1370. The summed E-state index contributed by atoms with van der Waals surface area (Å²) < 4.78 is 43.0. The lowest BCUT2D eigenvalue weighted by atomic mass is 10.0. The van der Waals surface area contributed by atoms with Gasteiger partial charge in [-0.1, -0.05) is 0 Å². The van der Waals surface area contributed by atoms with E-state index in [1.807, 2.05) is 13.8 Å². The fourth-order valence-corrected chi connectivity index (χ4v) is 3.96. The van der Waals surface area contributed by atoms with Gasteiger partial charge in [0.15, 0.2) is 5.82 Å². The molecule has 0 spiro atoms. The van der Waals surface area contributed by atoms with Crippen LogP contribution in [-0.2, 0) is 10.0 Å². The van der Waals surface area contributed by atoms with Crippen LogP contribution in [0.2, 0.25) is 0 Å². The smallest absolute Gasteiger partial charge is 0.407 e. The third-order valence-electron chi connectivity index (χ3n) is 5.48. The van der Waals surface area contributed by atoms with E-state index < -0.39 is 21.9 Å². The number of rotatable bonds is 9. The first-order valence-corrected chi connectivity index (χ1v) is 13.1. The molecule has 13 heteroatoms. The van der Waals surface area contributed by atoms with E-state index in [-0.39, 0.29) is 35.8 Å². The molecule has 0 saturated carbocycles. The maximum absolute atomic E-state index is 15.5. The molecule has 1 atom stereocenters. The van der Waals surface area contributed by atoms with E-state index >= 15 is 4.39 Å². The van der Waals surface area contributed by atoms with Gasteiger partial charge in [0, 0.05) is 49.2 Å². The molecule has 3 aromatic rings. The molecule has 0 aliphatic rings. The molecule has 3 rings (SSSR count). The van der Waals surface area contributed by atoms with Crippen LogP contribution >= 0.6 is 0 Å². The number of nitrogens with zero attached hydrogens (tertiary/aromatic N) is 5. The minimum Gasteiger partial charge on any atom is -0.465 e. The number of hydrogen-bond donors (Lipinski definition) is 3. The van der Waals surface area contributed by atoms with Crippen LogP contribution in [0.4, 0.5) is 20.8 Å². The molecule has 11 nitrogen and oxygen atoms in total. The summed E-state index contributed by atoms with van der Waals surface area (Å²) in [5.41, 5.74) is 1.89. The Morgan fingerprint density at radius 1 is 1.25 bits per heavy atom. The van der Waals surface area contributed by atoms with E-state index in [0.29, 0.717) is 22.5 Å². The van der Waals surface area contributed by atoms with Crippen molar-refractivity contribution in [2.45, 2.75) is 39.8 Å². The molecule has 1 aromatic carbocycles. The Labute approximate surface area is 209 Å². The molecule has 0 saturated heterocycles. The highest BCUT2D eigenvalue weighted by atomic mass is 32.2. The van der Waals surface area contributed by atoms with E-state index in [1.54, 1.807) is 36.9 Å². The topological polar surface area (TPSA) is 142 Å². The number of amides is 1. The lowest BCUT2D eigenvalue weighted by Crippen LogP contribution is -2.38. The number of likely N-dealkylation sites (N-methyl/N-ethyl adjacent to an activating group) is 1. The summed E-state index contributed by atoms with van der Waals surface area (Å²) in [5.74, 6) is -0.482. The monoisotopic (exact) mass is 519 g/mol. The normalized spacial score (nSPS) is 12.4. The number of sulfonamides is 1. The van der Waals surface area contributed by atoms with Gasteiger partial charge in [-0.05, 0) is 51.5 Å². The van der Waals surface area contributed by atoms with Crippen LogP contribution < -0.4 is 10.0 Å². The highest BCUT2D eigenvalue weighted by Crippen LogP contribution is 2.36. The van der Waals surface area contributed by atoms with Gasteiger partial charge in [0.2, 0.25) is 16.0 Å². The molecule has 36 heavy (non-hydrogen) atoms. The number of benzene rings is 1. The van der Waals surface area contributed by atoms with Crippen molar-refractivity contribution >= 4 is 27.8 Å². The Kier molecular flexibility index (Phi) is 7.82. The summed E-state index contributed by atoms with van der Waals surface area (Å²) in [5, 5.41) is 16.8. The van der Waals surface area contributed by atoms with E-state index in [1.165, 1.54) is 24.2 Å². The number of halogens is 1. The van der Waals surface area contributed by atoms with Crippen LogP contribution in [0, 0.1) is 12.7 Å². The summed E-state index contributed by atoms with van der Waals surface area (Å²) >= 11 is 0. The van der Waals surface area contributed by atoms with Crippen molar-refractivity contribution in [2.24, 2.45) is 0 Å². The van der Waals surface area contributed by atoms with E-state index in [4.69, 9.17) is 5.11 Å². The van der Waals surface area contributed by atoms with Crippen LogP contribution in [0.1, 0.15) is 32.4 Å². The Morgan fingerprint density at radius 3 is 2.56 bits per heavy atom. The van der Waals surface area contributed by atoms with E-state index in [9.17, 15) is 13.2 Å². The van der Waals surface area contributed by atoms with E-state index in [0.717, 1.165) is 6.26 Å². The van der Waals surface area contributed by atoms with E-state index in [2.05, 4.69) is 25.1 Å². The first-order valence-electron chi connectivity index (χ1n) is 11.2. The lowest BCUT2D eigenvalue weighted by molar-refractivity contribution is 0.144. The number of carbonyl (C=O) groups is 1. The quantitative estimate of drug-likeness (QED) is 0.387. The number of aryl methyl sites for hydroxylation is 1. The van der Waals surface area contributed by atoms with Crippen LogP contribution in [-0.4, -0.2) is 70.2 Å². The highest BCUT2D eigenvalue weighted by Gasteiger charge is 2.22. The van der Waals surface area contributed by atoms with Gasteiger partial charge in [-0.3, -0.25) is 9.40 Å². The number of nitrogens with one attached hydrogen (secondary N) is 2. The molecule has 2 aromatic heterocycles. The molecule has 0 unspecified atom stereocenters. The molecule has 0 aliphatic carbocycles. The Balaban J connectivity index is 2.06. The van der Waals surface area contributed by atoms with Crippen molar-refractivity contribution in [3.05, 3.63) is 42.0 Å². The molecule has 0 bridgehead atoms. The van der Waals surface area contributed by atoms with Gasteiger partial charge >= 0.3 is 6.09 Å². The summed E-state index contributed by atoms with van der Waals surface area (Å²) in [4.78, 5) is 21.1. The Morgan fingerprint density at radius 2 is 1.94 bits per heavy atom. The maximum atomic E-state index is 15.5. The summed E-state index contributed by atoms with van der Waals surface area (Å²) in [6.45, 7) is 7.61. The first-order chi connectivity index (χ1) is 16.8. The Hall–Kier alpha value is -3.74. The van der Waals surface area contributed by atoms with Gasteiger partial charge in [-0.25, -0.2) is 27.6 Å². The van der Waals surface area contributed by atoms with Gasteiger partial charge in [0.25, 0.3) is 0 Å². The summed E-state index contributed by atoms with van der Waals surface area (Å²) in [6.07, 6.45) is 3.20. The highest BCUT2D eigenvalue weighted by molar-refractivity contribution is 7.92. The molecular formula is C23H30FN7O4S. The molecule has 3 N–H and O–H groups in total. The van der Waals surface area contributed by atoms with Crippen LogP contribution in [0.25, 0.3) is 22.5 Å². The van der Waals surface area contributed by atoms with Crippen molar-refractivity contribution in [1.82, 2.24) is 24.6 Å². The average Bonchev–Trinajstić information content (AvgIpc) is 3.24. The molecule has 0 aliphatic heterocycles. The van der Waals surface area contributed by atoms with Gasteiger partial charge in [0.05, 0.1) is 17.6 Å². The largest absolute Gasteiger partial charge is 0.465 e. The van der Waals surface area contributed by atoms with Crippen molar-refractivity contribution in [3.8, 4) is 22.5 Å². The number of aromatic nitrogens is 4. The minimum absolute atomic E-state index is 0.0363. The number of anilines is 2. The first kappa shape index (κ1) is 26.9. The van der Waals surface area contributed by atoms with Crippen molar-refractivity contribution in [1.29, 1.82) is 0 Å². The zero-order chi connectivity index (χ0) is 26.8. The number of hydrogen-bond acceptors (Lipinski definition) is 7. The van der Waals surface area contributed by atoms with Gasteiger partial charge in [-0.15, -0.1) is 0 Å². The van der Waals surface area contributed by atoms with Crippen molar-refractivity contribution in [2.75, 3.05) is 29.9 Å². The third-order valence-corrected chi connectivity index (χ3v) is 6.07. The van der Waals surface area contributed by atoms with Crippen LogP contribution in [0.15, 0.2) is 30.6 Å². The zero-order valence-electron chi connectivity index (χ0n) is 20.9. The second-order valence-corrected chi connectivity index (χ2v) is 10.7. The molecule has 2 heterocycles. The molecule has 194 valence electrons. The van der Waals surface area contributed by atoms with Crippen molar-refractivity contribution in [3.63, 3.8) is 0 Å². The molecular weight excluding hydrogens is 489 g/mol. The zero-order valence-corrected chi connectivity index (χ0v) is 21.8. The minimum atomic E-state index is -3.70. The van der Waals surface area contributed by atoms with Crippen molar-refractivity contribution < 1.29 is 22.7 Å². The SMILES string of the molecule is Cc1cc(NS(C)(=O)=O)c(F)c(-c2nn(C(C)C)cc2-c2ccnc(NC[C@H](C)N(C)C(=O)O)n2)c1. The fourth-order valence-electron chi connectivity index (χ4n) is 3.42. The maximum Gasteiger partial charge on any atom is 0.407 e. The molecule has 0 fully saturated rings. The van der Waals surface area contributed by atoms with Crippen LogP contribution in [0.5, 0.6) is 0 Å². The van der Waals surface area contributed by atoms with Gasteiger partial charge in [0.1, 0.15) is 5.69 Å². The second kappa shape index (κ2) is 10.5. The summed E-state index contributed by atoms with van der Waals surface area (Å²) in [7, 11) is -2.23. The lowest BCUT2D eigenvalue weighted by Gasteiger charge is -2.21. The third kappa shape index (κ3) is 6.27. The predicted octanol–water partition coefficient (Wildman–Crippen LogP) is 3.82. The average molecular weight is 520 g/mol. The van der Waals surface area contributed by atoms with Gasteiger partial charge < -0.3 is 15.3 Å². The summed E-state index contributed by atoms with van der Waals surface area (Å²) in [6, 6.07) is 4.30. The number of carboxylic acid groups (broad SMARTS) is 1. The molecule has 1 amide bonds. The molecule has 0 radical (unpaired) electrons. The predicted molar refractivity (Wildman–Crippen MR) is 136 cm³/mol. The second-order valence-electron chi connectivity index (χ2n) is 8.90. The van der Waals surface area contributed by atoms with Gasteiger partial charge in [-0.2, -0.15) is 5.10 Å². The van der Waals surface area contributed by atoms with Crippen LogP contribution in [0.3, 0.4) is 0 Å². The standard InChI is InChI=1S/C23H30FN7O4S/c1-13(2)31-12-17(18-7-8-25-22(27-18)26-11-15(4)30(5)23(32)33)21(28-31)16-9-14(3)10-19(20(16)24)29-36(6,34)35/h7-10,12-13,15,29H,11H2,1-6H3,(H,32,33)(H,25,26,27)/t15-/m0/s1.